The zero-order valence-electron chi connectivity index (χ0n) is 6.81. The number of nitrogens with zero attached hydrogens (tertiary/aromatic N) is 3. The highest BCUT2D eigenvalue weighted by atomic mass is 79.9. The van der Waals surface area contributed by atoms with Gasteiger partial charge in [0.1, 0.15) is 0 Å². The van der Waals surface area contributed by atoms with Gasteiger partial charge in [-0.15, -0.1) is 0 Å². The summed E-state index contributed by atoms with van der Waals surface area (Å²) in [6.45, 7) is 0.588. The highest BCUT2D eigenvalue weighted by molar-refractivity contribution is 9.10. The molecule has 2 aromatic rings. The van der Waals surface area contributed by atoms with Crippen molar-refractivity contribution in [3.63, 3.8) is 0 Å². The van der Waals surface area contributed by atoms with Crippen LogP contribution in [0.1, 0.15) is 0 Å². The fraction of sp³-hybridized carbons (Fsp3) is 0.250. The third-order valence-electron chi connectivity index (χ3n) is 1.83. The van der Waals surface area contributed by atoms with Crippen LogP contribution in [0.15, 0.2) is 23.1 Å². The Kier molecular flexibility index (Phi) is 2.28. The molecule has 0 spiro atoms. The van der Waals surface area contributed by atoms with Crippen LogP contribution in [0, 0.1) is 0 Å². The predicted octanol–water partition coefficient (Wildman–Crippen LogP) is 1.19. The summed E-state index contributed by atoms with van der Waals surface area (Å²) in [6.07, 6.45) is 5.23. The SMILES string of the molecule is OCCn1ncc2c(Br)cncc21. The van der Waals surface area contributed by atoms with Gasteiger partial charge in [-0.2, -0.15) is 5.10 Å². The van der Waals surface area contributed by atoms with Crippen molar-refractivity contribution in [1.82, 2.24) is 14.8 Å². The molecule has 4 nitrogen and oxygen atoms in total. The number of aliphatic hydroxyl groups is 1. The molecule has 0 fully saturated rings. The Morgan fingerprint density at radius 1 is 1.38 bits per heavy atom. The standard InChI is InChI=1S/C8H8BrN3O/c9-7-4-10-5-8-6(7)3-11-12(8)1-2-13/h3-5,13H,1-2H2. The summed E-state index contributed by atoms with van der Waals surface area (Å²) in [5.74, 6) is 0. The minimum atomic E-state index is 0.0866. The van der Waals surface area contributed by atoms with Gasteiger partial charge < -0.3 is 5.11 Å². The molecule has 68 valence electrons. The fourth-order valence-corrected chi connectivity index (χ4v) is 1.65. The van der Waals surface area contributed by atoms with Gasteiger partial charge >= 0.3 is 0 Å². The van der Waals surface area contributed by atoms with E-state index in [2.05, 4.69) is 26.0 Å². The van der Waals surface area contributed by atoms with Crippen molar-refractivity contribution in [2.45, 2.75) is 6.54 Å². The summed E-state index contributed by atoms with van der Waals surface area (Å²) < 4.78 is 2.65. The van der Waals surface area contributed by atoms with Crippen LogP contribution in [0.5, 0.6) is 0 Å². The van der Waals surface area contributed by atoms with Crippen molar-refractivity contribution in [1.29, 1.82) is 0 Å². The first-order chi connectivity index (χ1) is 6.33. The van der Waals surface area contributed by atoms with E-state index in [1.807, 2.05) is 0 Å². The molecular formula is C8H8BrN3O. The van der Waals surface area contributed by atoms with E-state index in [1.54, 1.807) is 23.3 Å². The van der Waals surface area contributed by atoms with Gasteiger partial charge in [-0.3, -0.25) is 9.67 Å². The average molecular weight is 242 g/mol. The number of aromatic nitrogens is 3. The number of fused-ring (bicyclic) bond motifs is 1. The van der Waals surface area contributed by atoms with Crippen LogP contribution in [-0.4, -0.2) is 26.5 Å². The maximum Gasteiger partial charge on any atom is 0.0877 e. The van der Waals surface area contributed by atoms with Crippen molar-refractivity contribution >= 4 is 26.8 Å². The Bertz CT molecular complexity index is 426. The number of aliphatic hydroxyl groups excluding tert-OH is 1. The van der Waals surface area contributed by atoms with Crippen molar-refractivity contribution in [3.8, 4) is 0 Å². The molecule has 2 rings (SSSR count). The molecule has 13 heavy (non-hydrogen) atoms. The minimum Gasteiger partial charge on any atom is -0.394 e. The zero-order valence-corrected chi connectivity index (χ0v) is 8.40. The Labute approximate surface area is 83.3 Å². The van der Waals surface area contributed by atoms with Crippen LogP contribution in [0.2, 0.25) is 0 Å². The highest BCUT2D eigenvalue weighted by Gasteiger charge is 2.04. The van der Waals surface area contributed by atoms with E-state index < -0.39 is 0 Å². The molecule has 0 amide bonds. The molecule has 5 heteroatoms. The van der Waals surface area contributed by atoms with Crippen LogP contribution < -0.4 is 0 Å². The third-order valence-corrected chi connectivity index (χ3v) is 2.47. The lowest BCUT2D eigenvalue weighted by atomic mass is 10.3. The molecule has 0 aliphatic rings. The Morgan fingerprint density at radius 3 is 3.00 bits per heavy atom. The Morgan fingerprint density at radius 2 is 2.23 bits per heavy atom. The largest absolute Gasteiger partial charge is 0.394 e. The first-order valence-corrected chi connectivity index (χ1v) is 4.68. The van der Waals surface area contributed by atoms with Crippen LogP contribution in [-0.2, 0) is 6.54 Å². The molecule has 0 aliphatic heterocycles. The molecule has 1 N–H and O–H groups in total. The molecule has 2 aromatic heterocycles. The van der Waals surface area contributed by atoms with E-state index in [1.165, 1.54) is 0 Å². The fourth-order valence-electron chi connectivity index (χ4n) is 1.23. The van der Waals surface area contributed by atoms with Crippen molar-refractivity contribution < 1.29 is 5.11 Å². The van der Waals surface area contributed by atoms with Gasteiger partial charge in [0.15, 0.2) is 0 Å². The quantitative estimate of drug-likeness (QED) is 0.860. The zero-order chi connectivity index (χ0) is 9.26. The molecule has 0 saturated heterocycles. The monoisotopic (exact) mass is 241 g/mol. The van der Waals surface area contributed by atoms with Crippen LogP contribution in [0.25, 0.3) is 10.9 Å². The van der Waals surface area contributed by atoms with E-state index in [-0.39, 0.29) is 6.61 Å². The number of hydrogen-bond donors (Lipinski definition) is 1. The van der Waals surface area contributed by atoms with Gasteiger partial charge in [0, 0.05) is 16.1 Å². The average Bonchev–Trinajstić information content (AvgIpc) is 2.51. The molecule has 0 atom stereocenters. The van der Waals surface area contributed by atoms with Crippen molar-refractivity contribution in [3.05, 3.63) is 23.1 Å². The molecule has 0 bridgehead atoms. The lowest BCUT2D eigenvalue weighted by Gasteiger charge is -1.99. The van der Waals surface area contributed by atoms with Crippen molar-refractivity contribution in [2.75, 3.05) is 6.61 Å². The van der Waals surface area contributed by atoms with Gasteiger partial charge in [0.05, 0.1) is 31.1 Å². The Balaban J connectivity index is 2.61. The minimum absolute atomic E-state index is 0.0866. The maximum atomic E-state index is 8.77. The molecule has 0 saturated carbocycles. The predicted molar refractivity (Wildman–Crippen MR) is 52.3 cm³/mol. The van der Waals surface area contributed by atoms with E-state index >= 15 is 0 Å². The second kappa shape index (κ2) is 3.43. The summed E-state index contributed by atoms with van der Waals surface area (Å²) in [4.78, 5) is 4.04. The number of halogens is 1. The highest BCUT2D eigenvalue weighted by Crippen LogP contribution is 2.21. The first-order valence-electron chi connectivity index (χ1n) is 3.89. The summed E-state index contributed by atoms with van der Waals surface area (Å²) in [5, 5.41) is 13.9. The number of pyridine rings is 1. The second-order valence-corrected chi connectivity index (χ2v) is 3.50. The van der Waals surface area contributed by atoms with Gasteiger partial charge in [-0.05, 0) is 15.9 Å². The van der Waals surface area contributed by atoms with Crippen LogP contribution >= 0.6 is 15.9 Å². The summed E-state index contributed by atoms with van der Waals surface area (Å²) in [6, 6.07) is 0. The smallest absolute Gasteiger partial charge is 0.0877 e. The molecule has 0 unspecified atom stereocenters. The third kappa shape index (κ3) is 1.45. The van der Waals surface area contributed by atoms with E-state index in [0.717, 1.165) is 15.4 Å². The molecular weight excluding hydrogens is 234 g/mol. The topological polar surface area (TPSA) is 50.9 Å². The van der Waals surface area contributed by atoms with E-state index in [4.69, 9.17) is 5.11 Å². The van der Waals surface area contributed by atoms with Crippen molar-refractivity contribution in [2.24, 2.45) is 0 Å². The van der Waals surface area contributed by atoms with Gasteiger partial charge in [-0.25, -0.2) is 0 Å². The van der Waals surface area contributed by atoms with Crippen LogP contribution in [0.3, 0.4) is 0 Å². The number of hydrogen-bond acceptors (Lipinski definition) is 3. The second-order valence-electron chi connectivity index (χ2n) is 2.65. The van der Waals surface area contributed by atoms with Crippen LogP contribution in [0.4, 0.5) is 0 Å². The summed E-state index contributed by atoms with van der Waals surface area (Å²) in [5.41, 5.74) is 0.934. The van der Waals surface area contributed by atoms with E-state index in [9.17, 15) is 0 Å². The molecule has 2 heterocycles. The maximum absolute atomic E-state index is 8.77. The van der Waals surface area contributed by atoms with Gasteiger partial charge in [-0.1, -0.05) is 0 Å². The summed E-state index contributed by atoms with van der Waals surface area (Å²) >= 11 is 3.38. The molecule has 0 radical (unpaired) electrons. The first kappa shape index (κ1) is 8.65. The van der Waals surface area contributed by atoms with Gasteiger partial charge in [0.25, 0.3) is 0 Å². The number of rotatable bonds is 2. The normalized spacial score (nSPS) is 10.9. The lowest BCUT2D eigenvalue weighted by Crippen LogP contribution is -2.03. The summed E-state index contributed by atoms with van der Waals surface area (Å²) in [7, 11) is 0. The molecule has 0 aliphatic carbocycles. The van der Waals surface area contributed by atoms with E-state index in [0.29, 0.717) is 6.54 Å². The molecule has 0 aromatic carbocycles. The Hall–Kier alpha value is -0.940. The lowest BCUT2D eigenvalue weighted by molar-refractivity contribution is 0.271. The van der Waals surface area contributed by atoms with Gasteiger partial charge in [0.2, 0.25) is 0 Å².